The molecular formula is C12H14BrN3O4. The summed E-state index contributed by atoms with van der Waals surface area (Å²) in [4.78, 5) is 21.8. The van der Waals surface area contributed by atoms with Crippen LogP contribution in [0.2, 0.25) is 0 Å². The lowest BCUT2D eigenvalue weighted by atomic mass is 9.99. The van der Waals surface area contributed by atoms with E-state index >= 15 is 0 Å². The number of halogens is 1. The molecule has 108 valence electrons. The van der Waals surface area contributed by atoms with Gasteiger partial charge >= 0.3 is 5.69 Å². The number of hydrogen-bond acceptors (Lipinski definition) is 5. The van der Waals surface area contributed by atoms with Gasteiger partial charge in [0.25, 0.3) is 0 Å². The number of carbonyl (C=O) groups excluding carboxylic acids is 1. The van der Waals surface area contributed by atoms with E-state index in [2.05, 4.69) is 15.9 Å². The van der Waals surface area contributed by atoms with Crippen LogP contribution in [0.4, 0.5) is 5.69 Å². The first-order chi connectivity index (χ1) is 9.33. The molecule has 0 heterocycles. The molecular weight excluding hydrogens is 330 g/mol. The minimum absolute atomic E-state index is 0.132. The molecule has 8 heteroatoms. The Morgan fingerprint density at radius 3 is 2.80 bits per heavy atom. The lowest BCUT2D eigenvalue weighted by Gasteiger charge is -2.20. The standard InChI is InChI=1S/C12H14BrN3O4/c13-8-2-1-3-9(16(18)19)10(8)20-7-4-5-12(15,6-7)11(14)17/h1-3,7H,4-6,15H2,(H2,14,17). The molecule has 0 spiro atoms. The number of amides is 1. The maximum atomic E-state index is 11.3. The first-order valence-electron chi connectivity index (χ1n) is 6.02. The molecule has 2 unspecified atom stereocenters. The Morgan fingerprint density at radius 1 is 1.55 bits per heavy atom. The number of ether oxygens (including phenoxy) is 1. The molecule has 0 radical (unpaired) electrons. The molecule has 1 fully saturated rings. The fraction of sp³-hybridized carbons (Fsp3) is 0.417. The number of rotatable bonds is 4. The van der Waals surface area contributed by atoms with Crippen LogP contribution in [-0.2, 0) is 4.79 Å². The molecule has 0 bridgehead atoms. The second-order valence-electron chi connectivity index (χ2n) is 4.85. The Balaban J connectivity index is 2.20. The summed E-state index contributed by atoms with van der Waals surface area (Å²) >= 11 is 3.23. The number of benzene rings is 1. The van der Waals surface area contributed by atoms with Crippen LogP contribution in [0.1, 0.15) is 19.3 Å². The molecule has 2 rings (SSSR count). The fourth-order valence-electron chi connectivity index (χ4n) is 2.28. The van der Waals surface area contributed by atoms with Gasteiger partial charge in [-0.2, -0.15) is 0 Å². The molecule has 2 atom stereocenters. The summed E-state index contributed by atoms with van der Waals surface area (Å²) in [6, 6.07) is 4.57. The normalized spacial score (nSPS) is 25.4. The Labute approximate surface area is 123 Å². The lowest BCUT2D eigenvalue weighted by Crippen LogP contribution is -2.50. The first kappa shape index (κ1) is 14.7. The van der Waals surface area contributed by atoms with E-state index < -0.39 is 16.4 Å². The highest BCUT2D eigenvalue weighted by molar-refractivity contribution is 9.10. The predicted molar refractivity (Wildman–Crippen MR) is 75.2 cm³/mol. The summed E-state index contributed by atoms with van der Waals surface area (Å²) in [6.07, 6.45) is 0.814. The quantitative estimate of drug-likeness (QED) is 0.633. The predicted octanol–water partition coefficient (Wildman–Crippen LogP) is 1.47. The van der Waals surface area contributed by atoms with Crippen LogP contribution in [0, 0.1) is 10.1 Å². The third-order valence-electron chi connectivity index (χ3n) is 3.42. The molecule has 20 heavy (non-hydrogen) atoms. The Bertz CT molecular complexity index is 566. The van der Waals surface area contributed by atoms with Crippen molar-refractivity contribution in [2.75, 3.05) is 0 Å². The van der Waals surface area contributed by atoms with Gasteiger partial charge in [0.15, 0.2) is 0 Å². The van der Waals surface area contributed by atoms with Crippen molar-refractivity contribution in [3.05, 3.63) is 32.8 Å². The zero-order chi connectivity index (χ0) is 14.9. The zero-order valence-corrected chi connectivity index (χ0v) is 12.1. The van der Waals surface area contributed by atoms with E-state index in [0.29, 0.717) is 17.3 Å². The Kier molecular flexibility index (Phi) is 3.96. The summed E-state index contributed by atoms with van der Waals surface area (Å²) in [5.74, 6) is -0.429. The molecule has 7 nitrogen and oxygen atoms in total. The molecule has 1 aliphatic rings. The third kappa shape index (κ3) is 2.75. The van der Waals surface area contributed by atoms with Crippen LogP contribution in [0.15, 0.2) is 22.7 Å². The largest absolute Gasteiger partial charge is 0.483 e. The van der Waals surface area contributed by atoms with Gasteiger partial charge in [-0.3, -0.25) is 14.9 Å². The maximum Gasteiger partial charge on any atom is 0.312 e. The van der Waals surface area contributed by atoms with Crippen LogP contribution in [-0.4, -0.2) is 22.5 Å². The van der Waals surface area contributed by atoms with Gasteiger partial charge in [0.05, 0.1) is 14.9 Å². The summed E-state index contributed by atoms with van der Waals surface area (Å²) in [5.41, 5.74) is 9.91. The summed E-state index contributed by atoms with van der Waals surface area (Å²) in [5, 5.41) is 11.0. The van der Waals surface area contributed by atoms with E-state index in [1.807, 2.05) is 0 Å². The fourth-order valence-corrected chi connectivity index (χ4v) is 2.73. The summed E-state index contributed by atoms with van der Waals surface area (Å²) < 4.78 is 6.15. The average molecular weight is 344 g/mol. The SMILES string of the molecule is NC(=O)C1(N)CCC(Oc2c(Br)cccc2[N+](=O)[O-])C1. The molecule has 4 N–H and O–H groups in total. The summed E-state index contributed by atoms with van der Waals surface area (Å²) in [6.45, 7) is 0. The minimum Gasteiger partial charge on any atom is -0.483 e. The molecule has 1 aliphatic carbocycles. The van der Waals surface area contributed by atoms with Crippen molar-refractivity contribution in [2.45, 2.75) is 30.9 Å². The second kappa shape index (κ2) is 5.37. The third-order valence-corrected chi connectivity index (χ3v) is 4.05. The van der Waals surface area contributed by atoms with Gasteiger partial charge in [-0.05, 0) is 34.8 Å². The highest BCUT2D eigenvalue weighted by atomic mass is 79.9. The van der Waals surface area contributed by atoms with Crippen LogP contribution >= 0.6 is 15.9 Å². The number of nitrogens with two attached hydrogens (primary N) is 2. The van der Waals surface area contributed by atoms with E-state index in [0.717, 1.165) is 0 Å². The Hall–Kier alpha value is -1.67. The summed E-state index contributed by atoms with van der Waals surface area (Å²) in [7, 11) is 0. The molecule has 0 saturated heterocycles. The van der Waals surface area contributed by atoms with Gasteiger partial charge < -0.3 is 16.2 Å². The van der Waals surface area contributed by atoms with Gasteiger partial charge in [0, 0.05) is 12.5 Å². The smallest absolute Gasteiger partial charge is 0.312 e. The van der Waals surface area contributed by atoms with E-state index in [-0.39, 0.29) is 24.0 Å². The monoisotopic (exact) mass is 343 g/mol. The van der Waals surface area contributed by atoms with Crippen molar-refractivity contribution in [1.29, 1.82) is 0 Å². The number of primary amides is 1. The van der Waals surface area contributed by atoms with Gasteiger partial charge in [-0.15, -0.1) is 0 Å². The highest BCUT2D eigenvalue weighted by Gasteiger charge is 2.42. The lowest BCUT2D eigenvalue weighted by molar-refractivity contribution is -0.386. The topological polar surface area (TPSA) is 121 Å². The molecule has 1 aromatic carbocycles. The van der Waals surface area contributed by atoms with Gasteiger partial charge in [-0.25, -0.2) is 0 Å². The number of para-hydroxylation sites is 1. The number of hydrogen-bond donors (Lipinski definition) is 2. The van der Waals surface area contributed by atoms with Crippen molar-refractivity contribution < 1.29 is 14.5 Å². The van der Waals surface area contributed by atoms with Crippen LogP contribution in [0.25, 0.3) is 0 Å². The molecule has 1 amide bonds. The second-order valence-corrected chi connectivity index (χ2v) is 5.70. The van der Waals surface area contributed by atoms with Crippen molar-refractivity contribution in [3.8, 4) is 5.75 Å². The van der Waals surface area contributed by atoms with Crippen LogP contribution in [0.5, 0.6) is 5.75 Å². The van der Waals surface area contributed by atoms with Gasteiger partial charge in [-0.1, -0.05) is 6.07 Å². The van der Waals surface area contributed by atoms with E-state index in [1.54, 1.807) is 12.1 Å². The van der Waals surface area contributed by atoms with Crippen molar-refractivity contribution >= 4 is 27.5 Å². The van der Waals surface area contributed by atoms with E-state index in [9.17, 15) is 14.9 Å². The minimum atomic E-state index is -1.10. The van der Waals surface area contributed by atoms with E-state index in [1.165, 1.54) is 6.07 Å². The molecule has 0 aliphatic heterocycles. The number of nitro benzene ring substituents is 1. The van der Waals surface area contributed by atoms with Crippen molar-refractivity contribution in [3.63, 3.8) is 0 Å². The van der Waals surface area contributed by atoms with Crippen molar-refractivity contribution in [2.24, 2.45) is 11.5 Å². The zero-order valence-electron chi connectivity index (χ0n) is 10.5. The van der Waals surface area contributed by atoms with Gasteiger partial charge in [0.1, 0.15) is 6.10 Å². The number of carbonyl (C=O) groups is 1. The highest BCUT2D eigenvalue weighted by Crippen LogP contribution is 2.38. The number of nitro groups is 1. The van der Waals surface area contributed by atoms with Crippen molar-refractivity contribution in [1.82, 2.24) is 0 Å². The first-order valence-corrected chi connectivity index (χ1v) is 6.81. The Morgan fingerprint density at radius 2 is 2.25 bits per heavy atom. The molecule has 0 aromatic heterocycles. The van der Waals surface area contributed by atoms with Gasteiger partial charge in [0.2, 0.25) is 11.7 Å². The average Bonchev–Trinajstić information content (AvgIpc) is 2.75. The maximum absolute atomic E-state index is 11.3. The van der Waals surface area contributed by atoms with Crippen LogP contribution < -0.4 is 16.2 Å². The van der Waals surface area contributed by atoms with Crippen LogP contribution in [0.3, 0.4) is 0 Å². The molecule has 1 saturated carbocycles. The number of nitrogens with zero attached hydrogens (tertiary/aromatic N) is 1. The molecule has 1 aromatic rings. The van der Waals surface area contributed by atoms with E-state index in [4.69, 9.17) is 16.2 Å².